The molecule has 1 heterocycles. The van der Waals surface area contributed by atoms with Gasteiger partial charge in [-0.2, -0.15) is 0 Å². The molecule has 8 heteroatoms. The van der Waals surface area contributed by atoms with Gasteiger partial charge in [-0.1, -0.05) is 30.3 Å². The van der Waals surface area contributed by atoms with Crippen molar-refractivity contribution in [2.24, 2.45) is 0 Å². The van der Waals surface area contributed by atoms with E-state index in [9.17, 15) is 18.8 Å². The third-order valence-electron chi connectivity index (χ3n) is 5.49. The van der Waals surface area contributed by atoms with E-state index in [4.69, 9.17) is 9.47 Å². The summed E-state index contributed by atoms with van der Waals surface area (Å²) in [5.41, 5.74) is 2.66. The van der Waals surface area contributed by atoms with Crippen LogP contribution in [0.1, 0.15) is 12.5 Å². The van der Waals surface area contributed by atoms with Gasteiger partial charge in [0.25, 0.3) is 11.8 Å². The number of nitrogens with zero attached hydrogens (tertiary/aromatic N) is 1. The van der Waals surface area contributed by atoms with Gasteiger partial charge < -0.3 is 14.8 Å². The summed E-state index contributed by atoms with van der Waals surface area (Å²) in [6.07, 6.45) is 1.62. The third kappa shape index (κ3) is 5.33. The fourth-order valence-corrected chi connectivity index (χ4v) is 3.77. The lowest BCUT2D eigenvalue weighted by Crippen LogP contribution is -2.24. The Morgan fingerprint density at radius 3 is 2.28 bits per heavy atom. The van der Waals surface area contributed by atoms with Crippen LogP contribution >= 0.6 is 0 Å². The molecule has 182 valence electrons. The number of nitrogens with one attached hydrogen (secondary N) is 1. The lowest BCUT2D eigenvalue weighted by molar-refractivity contribution is -0.136. The third-order valence-corrected chi connectivity index (χ3v) is 5.49. The molecule has 0 aliphatic carbocycles. The molecular formula is C28H23FN2O5. The summed E-state index contributed by atoms with van der Waals surface area (Å²) in [6, 6.07) is 21.2. The van der Waals surface area contributed by atoms with Crippen molar-refractivity contribution in [1.82, 2.24) is 0 Å². The van der Waals surface area contributed by atoms with Crippen molar-refractivity contribution in [2.75, 3.05) is 23.9 Å². The Morgan fingerprint density at radius 2 is 1.64 bits per heavy atom. The molecule has 0 aromatic heterocycles. The van der Waals surface area contributed by atoms with Gasteiger partial charge >= 0.3 is 5.97 Å². The Balaban J connectivity index is 1.48. The molecule has 0 fully saturated rings. The Bertz CT molecular complexity index is 1350. The number of benzene rings is 3. The number of allylic oxidation sites excluding steroid dienone is 1. The van der Waals surface area contributed by atoms with Gasteiger partial charge in [0.1, 0.15) is 11.6 Å². The van der Waals surface area contributed by atoms with Crippen LogP contribution in [0.2, 0.25) is 0 Å². The quantitative estimate of drug-likeness (QED) is 0.386. The molecule has 4 rings (SSSR count). The highest BCUT2D eigenvalue weighted by molar-refractivity contribution is 6.23. The molecule has 0 saturated heterocycles. The van der Waals surface area contributed by atoms with E-state index in [-0.39, 0.29) is 23.7 Å². The normalized spacial score (nSPS) is 14.2. The highest BCUT2D eigenvalue weighted by Crippen LogP contribution is 2.35. The van der Waals surface area contributed by atoms with E-state index in [1.807, 2.05) is 18.2 Å². The monoisotopic (exact) mass is 486 g/mol. The number of halogens is 1. The van der Waals surface area contributed by atoms with Crippen molar-refractivity contribution in [3.8, 4) is 5.75 Å². The van der Waals surface area contributed by atoms with E-state index >= 15 is 0 Å². The lowest BCUT2D eigenvalue weighted by Gasteiger charge is -2.17. The summed E-state index contributed by atoms with van der Waals surface area (Å²) >= 11 is 0. The number of carbonyl (C=O) groups excluding carboxylic acids is 3. The molecule has 1 N–H and O–H groups in total. The largest absolute Gasteiger partial charge is 0.484 e. The van der Waals surface area contributed by atoms with Crippen LogP contribution in [0.25, 0.3) is 6.08 Å². The molecule has 36 heavy (non-hydrogen) atoms. The van der Waals surface area contributed by atoms with Gasteiger partial charge in [0.05, 0.1) is 18.3 Å². The van der Waals surface area contributed by atoms with Crippen LogP contribution in [0, 0.1) is 5.82 Å². The number of hydrogen-bond acceptors (Lipinski definition) is 5. The summed E-state index contributed by atoms with van der Waals surface area (Å²) < 4.78 is 23.4. The summed E-state index contributed by atoms with van der Waals surface area (Å²) in [4.78, 5) is 39.4. The Hall–Kier alpha value is -4.72. The minimum atomic E-state index is -0.599. The van der Waals surface area contributed by atoms with E-state index in [1.54, 1.807) is 49.4 Å². The number of methoxy groups -OCH3 is 1. The number of ether oxygens (including phenoxy) is 2. The maximum absolute atomic E-state index is 13.3. The molecule has 0 spiro atoms. The van der Waals surface area contributed by atoms with Crippen LogP contribution in [-0.2, 0) is 19.1 Å². The van der Waals surface area contributed by atoms with Crippen LogP contribution in [-0.4, -0.2) is 31.5 Å². The SMILES string of the molecule is COC(=O)C1=C(C)N(c2ccccc2)C(=O)/C1=C\c1ccc(OCC(=O)Nc2ccc(F)cc2)cc1. The average molecular weight is 486 g/mol. The van der Waals surface area contributed by atoms with Crippen molar-refractivity contribution >= 4 is 35.2 Å². The van der Waals surface area contributed by atoms with Gasteiger partial charge in [0.15, 0.2) is 6.61 Å². The fraction of sp³-hybridized carbons (Fsp3) is 0.107. The van der Waals surface area contributed by atoms with Crippen LogP contribution in [0.5, 0.6) is 5.75 Å². The summed E-state index contributed by atoms with van der Waals surface area (Å²) in [6.45, 7) is 1.46. The van der Waals surface area contributed by atoms with Crippen LogP contribution in [0.3, 0.4) is 0 Å². The van der Waals surface area contributed by atoms with Crippen molar-refractivity contribution in [3.63, 3.8) is 0 Å². The zero-order chi connectivity index (χ0) is 25.7. The number of esters is 1. The van der Waals surface area contributed by atoms with Crippen molar-refractivity contribution in [1.29, 1.82) is 0 Å². The molecule has 1 aliphatic heterocycles. The topological polar surface area (TPSA) is 84.9 Å². The maximum atomic E-state index is 13.3. The van der Waals surface area contributed by atoms with Gasteiger partial charge in [-0.05, 0) is 67.1 Å². The van der Waals surface area contributed by atoms with Gasteiger partial charge in [-0.3, -0.25) is 14.5 Å². The van der Waals surface area contributed by atoms with Gasteiger partial charge in [-0.15, -0.1) is 0 Å². The second-order valence-corrected chi connectivity index (χ2v) is 7.90. The smallest absolute Gasteiger partial charge is 0.340 e. The Morgan fingerprint density at radius 1 is 0.972 bits per heavy atom. The Kier molecular flexibility index (Phi) is 7.25. The zero-order valence-electron chi connectivity index (χ0n) is 19.7. The van der Waals surface area contributed by atoms with E-state index in [0.717, 1.165) is 0 Å². The van der Waals surface area contributed by atoms with Crippen LogP contribution in [0.4, 0.5) is 15.8 Å². The number of hydrogen-bond donors (Lipinski definition) is 1. The van der Waals surface area contributed by atoms with E-state index in [0.29, 0.717) is 28.4 Å². The molecule has 3 aromatic rings. The van der Waals surface area contributed by atoms with E-state index in [1.165, 1.54) is 36.3 Å². The zero-order valence-corrected chi connectivity index (χ0v) is 19.7. The van der Waals surface area contributed by atoms with E-state index < -0.39 is 17.7 Å². The first-order valence-electron chi connectivity index (χ1n) is 11.1. The molecule has 0 atom stereocenters. The van der Waals surface area contributed by atoms with Gasteiger partial charge in [-0.25, -0.2) is 9.18 Å². The maximum Gasteiger partial charge on any atom is 0.340 e. The first-order chi connectivity index (χ1) is 17.4. The molecule has 2 amide bonds. The summed E-state index contributed by atoms with van der Waals surface area (Å²) in [7, 11) is 1.27. The van der Waals surface area contributed by atoms with Crippen molar-refractivity contribution in [3.05, 3.63) is 107 Å². The standard InChI is InChI=1S/C28H23FN2O5/c1-18-26(28(34)35-2)24(27(33)31(18)22-6-4-3-5-7-22)16-19-8-14-23(15-9-19)36-17-25(32)30-21-12-10-20(29)11-13-21/h3-16H,17H2,1-2H3,(H,30,32)/b24-16-. The number of amides is 2. The Labute approximate surface area is 207 Å². The molecule has 3 aromatic carbocycles. The van der Waals surface area contributed by atoms with Gasteiger partial charge in [0.2, 0.25) is 0 Å². The second-order valence-electron chi connectivity index (χ2n) is 7.90. The predicted molar refractivity (Wildman–Crippen MR) is 134 cm³/mol. The molecule has 0 radical (unpaired) electrons. The molecule has 7 nitrogen and oxygen atoms in total. The fourth-order valence-electron chi connectivity index (χ4n) is 3.77. The molecule has 0 saturated carbocycles. The molecule has 0 unspecified atom stereocenters. The molecule has 0 bridgehead atoms. The van der Waals surface area contributed by atoms with Gasteiger partial charge in [0, 0.05) is 17.1 Å². The minimum Gasteiger partial charge on any atom is -0.484 e. The first-order valence-corrected chi connectivity index (χ1v) is 11.1. The first kappa shape index (κ1) is 24.4. The predicted octanol–water partition coefficient (Wildman–Crippen LogP) is 4.72. The molecule has 1 aliphatic rings. The van der Waals surface area contributed by atoms with Crippen LogP contribution in [0.15, 0.2) is 95.7 Å². The summed E-state index contributed by atoms with van der Waals surface area (Å²) in [5, 5.41) is 2.62. The molecular weight excluding hydrogens is 463 g/mol. The highest BCUT2D eigenvalue weighted by atomic mass is 19.1. The van der Waals surface area contributed by atoms with Crippen molar-refractivity contribution in [2.45, 2.75) is 6.92 Å². The number of carbonyl (C=O) groups is 3. The number of para-hydroxylation sites is 1. The van der Waals surface area contributed by atoms with Crippen molar-refractivity contribution < 1.29 is 28.2 Å². The second kappa shape index (κ2) is 10.7. The summed E-state index contributed by atoms with van der Waals surface area (Å²) in [5.74, 6) is -1.28. The average Bonchev–Trinajstić information content (AvgIpc) is 3.14. The highest BCUT2D eigenvalue weighted by Gasteiger charge is 2.37. The van der Waals surface area contributed by atoms with Crippen LogP contribution < -0.4 is 15.0 Å². The van der Waals surface area contributed by atoms with E-state index in [2.05, 4.69) is 5.32 Å². The number of anilines is 2. The number of rotatable bonds is 7. The minimum absolute atomic E-state index is 0.198. The lowest BCUT2D eigenvalue weighted by atomic mass is 10.0.